The second kappa shape index (κ2) is 6.74. The van der Waals surface area contributed by atoms with E-state index in [-0.39, 0.29) is 23.3 Å². The van der Waals surface area contributed by atoms with E-state index in [1.165, 1.54) is 6.20 Å². The molecule has 3 N–H and O–H groups in total. The van der Waals surface area contributed by atoms with Crippen LogP contribution in [0.25, 0.3) is 0 Å². The van der Waals surface area contributed by atoms with Gasteiger partial charge in [-0.1, -0.05) is 18.2 Å². The average molecular weight is 329 g/mol. The molecule has 0 aliphatic heterocycles. The van der Waals surface area contributed by atoms with Crippen molar-refractivity contribution in [1.82, 2.24) is 15.3 Å². The van der Waals surface area contributed by atoms with Gasteiger partial charge in [0, 0.05) is 23.7 Å². The molecule has 0 bridgehead atoms. The molecule has 3 rings (SSSR count). The number of aromatic amines is 2. The zero-order valence-corrected chi connectivity index (χ0v) is 13.1. The van der Waals surface area contributed by atoms with Gasteiger partial charge in [0.25, 0.3) is 5.56 Å². The number of benzene rings is 1. The fourth-order valence-corrected chi connectivity index (χ4v) is 2.39. The molecule has 1 aliphatic rings. The van der Waals surface area contributed by atoms with Gasteiger partial charge in [-0.3, -0.25) is 14.6 Å². The molecular formula is C17H19N3O4. The first kappa shape index (κ1) is 16.0. The molecule has 1 heterocycles. The van der Waals surface area contributed by atoms with E-state index in [1.54, 1.807) is 0 Å². The number of rotatable bonds is 7. The Morgan fingerprint density at radius 3 is 2.62 bits per heavy atom. The summed E-state index contributed by atoms with van der Waals surface area (Å²) in [5.74, 6) is 0.563. The summed E-state index contributed by atoms with van der Waals surface area (Å²) in [6, 6.07) is 9.56. The highest BCUT2D eigenvalue weighted by Gasteiger charge is 2.43. The second-order valence-electron chi connectivity index (χ2n) is 6.15. The van der Waals surface area contributed by atoms with E-state index < -0.39 is 11.2 Å². The zero-order chi connectivity index (χ0) is 17.0. The van der Waals surface area contributed by atoms with E-state index in [0.717, 1.165) is 18.6 Å². The number of amides is 1. The molecule has 24 heavy (non-hydrogen) atoms. The predicted molar refractivity (Wildman–Crippen MR) is 88.0 cm³/mol. The summed E-state index contributed by atoms with van der Waals surface area (Å²) in [6.07, 6.45) is 3.20. The van der Waals surface area contributed by atoms with Crippen molar-refractivity contribution in [3.05, 3.63) is 62.9 Å². The van der Waals surface area contributed by atoms with Crippen molar-refractivity contribution >= 4 is 5.91 Å². The van der Waals surface area contributed by atoms with E-state index in [9.17, 15) is 14.4 Å². The van der Waals surface area contributed by atoms with Gasteiger partial charge in [0.15, 0.2) is 0 Å². The van der Waals surface area contributed by atoms with Gasteiger partial charge >= 0.3 is 5.69 Å². The smallest absolute Gasteiger partial charge is 0.325 e. The van der Waals surface area contributed by atoms with Crippen molar-refractivity contribution in [3.63, 3.8) is 0 Å². The Bertz CT molecular complexity index is 821. The van der Waals surface area contributed by atoms with Gasteiger partial charge in [0.2, 0.25) is 5.91 Å². The summed E-state index contributed by atoms with van der Waals surface area (Å²) in [4.78, 5) is 39.0. The summed E-state index contributed by atoms with van der Waals surface area (Å²) in [5, 5.41) is 2.85. The molecule has 0 unspecified atom stereocenters. The third-order valence-corrected chi connectivity index (χ3v) is 4.15. The van der Waals surface area contributed by atoms with E-state index in [0.29, 0.717) is 13.2 Å². The van der Waals surface area contributed by atoms with Gasteiger partial charge in [-0.05, 0) is 25.0 Å². The van der Waals surface area contributed by atoms with Gasteiger partial charge in [0.05, 0.1) is 13.0 Å². The zero-order valence-electron chi connectivity index (χ0n) is 13.1. The van der Waals surface area contributed by atoms with Crippen LogP contribution >= 0.6 is 0 Å². The minimum Gasteiger partial charge on any atom is -0.493 e. The Balaban J connectivity index is 1.49. The van der Waals surface area contributed by atoms with Crippen LogP contribution in [0.3, 0.4) is 0 Å². The lowest BCUT2D eigenvalue weighted by Gasteiger charge is -2.17. The molecule has 7 nitrogen and oxygen atoms in total. The number of carbonyl (C=O) groups is 1. The van der Waals surface area contributed by atoms with Crippen molar-refractivity contribution in [2.75, 3.05) is 13.2 Å². The number of nitrogens with one attached hydrogen (secondary N) is 3. The molecule has 1 saturated carbocycles. The molecule has 126 valence electrons. The number of hydrogen-bond acceptors (Lipinski definition) is 4. The summed E-state index contributed by atoms with van der Waals surface area (Å²) >= 11 is 0. The SMILES string of the molecule is O=C(Cc1c[nH]c(=O)[nH]c1=O)NCC1(COc2ccccc2)CC1. The number of carbonyl (C=O) groups excluding carboxylic acids is 1. The van der Waals surface area contributed by atoms with E-state index in [2.05, 4.69) is 15.3 Å². The summed E-state index contributed by atoms with van der Waals surface area (Å²) < 4.78 is 5.77. The highest BCUT2D eigenvalue weighted by molar-refractivity contribution is 5.78. The van der Waals surface area contributed by atoms with Crippen LogP contribution in [0.15, 0.2) is 46.1 Å². The summed E-state index contributed by atoms with van der Waals surface area (Å²) in [7, 11) is 0. The monoisotopic (exact) mass is 329 g/mol. The summed E-state index contributed by atoms with van der Waals surface area (Å²) in [5.41, 5.74) is -0.915. The molecular weight excluding hydrogens is 310 g/mol. The van der Waals surface area contributed by atoms with Crippen molar-refractivity contribution in [2.45, 2.75) is 19.3 Å². The second-order valence-corrected chi connectivity index (χ2v) is 6.15. The number of hydrogen-bond donors (Lipinski definition) is 3. The van der Waals surface area contributed by atoms with Crippen LogP contribution in [0.2, 0.25) is 0 Å². The fourth-order valence-electron chi connectivity index (χ4n) is 2.39. The molecule has 1 aromatic heterocycles. The average Bonchev–Trinajstić information content (AvgIpc) is 3.35. The fraction of sp³-hybridized carbons (Fsp3) is 0.353. The molecule has 1 aliphatic carbocycles. The molecule has 7 heteroatoms. The molecule has 1 fully saturated rings. The standard InChI is InChI=1S/C17H19N3O4/c21-14(8-12-9-18-16(23)20-15(12)22)19-10-17(6-7-17)11-24-13-4-2-1-3-5-13/h1-5,9H,6-8,10-11H2,(H,19,21)(H2,18,20,22,23). The number of aromatic nitrogens is 2. The first-order valence-corrected chi connectivity index (χ1v) is 7.82. The Morgan fingerprint density at radius 2 is 1.96 bits per heavy atom. The van der Waals surface area contributed by atoms with E-state index >= 15 is 0 Å². The van der Waals surface area contributed by atoms with Crippen LogP contribution in [-0.4, -0.2) is 29.0 Å². The lowest BCUT2D eigenvalue weighted by atomic mass is 10.1. The van der Waals surface area contributed by atoms with Crippen molar-refractivity contribution in [2.24, 2.45) is 5.41 Å². The minimum atomic E-state index is -0.584. The third kappa shape index (κ3) is 4.13. The molecule has 0 atom stereocenters. The quantitative estimate of drug-likeness (QED) is 0.691. The Morgan fingerprint density at radius 1 is 1.21 bits per heavy atom. The van der Waals surface area contributed by atoms with E-state index in [4.69, 9.17) is 4.74 Å². The first-order chi connectivity index (χ1) is 11.6. The lowest BCUT2D eigenvalue weighted by molar-refractivity contribution is -0.120. The van der Waals surface area contributed by atoms with Crippen molar-refractivity contribution in [1.29, 1.82) is 0 Å². The molecule has 0 radical (unpaired) electrons. The molecule has 0 spiro atoms. The van der Waals surface area contributed by atoms with Gasteiger partial charge < -0.3 is 15.0 Å². The normalized spacial score (nSPS) is 14.8. The maximum atomic E-state index is 12.0. The maximum absolute atomic E-state index is 12.0. The maximum Gasteiger partial charge on any atom is 0.325 e. The lowest BCUT2D eigenvalue weighted by Crippen LogP contribution is -2.35. The van der Waals surface area contributed by atoms with Gasteiger partial charge in [-0.15, -0.1) is 0 Å². The van der Waals surface area contributed by atoms with E-state index in [1.807, 2.05) is 30.3 Å². The predicted octanol–water partition coefficient (Wildman–Crippen LogP) is 0.581. The van der Waals surface area contributed by atoms with Crippen LogP contribution in [0.5, 0.6) is 5.75 Å². The Labute approximate surface area is 138 Å². The van der Waals surface area contributed by atoms with Gasteiger partial charge in [-0.2, -0.15) is 0 Å². The van der Waals surface area contributed by atoms with Crippen molar-refractivity contribution in [3.8, 4) is 5.75 Å². The first-order valence-electron chi connectivity index (χ1n) is 7.82. The molecule has 1 amide bonds. The minimum absolute atomic E-state index is 0.0249. The summed E-state index contributed by atoms with van der Waals surface area (Å²) in [6.45, 7) is 1.07. The van der Waals surface area contributed by atoms with Crippen LogP contribution in [0, 0.1) is 5.41 Å². The molecule has 1 aromatic carbocycles. The molecule has 2 aromatic rings. The largest absolute Gasteiger partial charge is 0.493 e. The van der Waals surface area contributed by atoms with Crippen molar-refractivity contribution < 1.29 is 9.53 Å². The van der Waals surface area contributed by atoms with Crippen LogP contribution in [0.1, 0.15) is 18.4 Å². The van der Waals surface area contributed by atoms with Gasteiger partial charge in [-0.25, -0.2) is 4.79 Å². The van der Waals surface area contributed by atoms with Gasteiger partial charge in [0.1, 0.15) is 5.75 Å². The third-order valence-electron chi connectivity index (χ3n) is 4.15. The Kier molecular flexibility index (Phi) is 4.50. The highest BCUT2D eigenvalue weighted by Crippen LogP contribution is 2.45. The number of H-pyrrole nitrogens is 2. The van der Waals surface area contributed by atoms with Crippen LogP contribution < -0.4 is 21.3 Å². The number of ether oxygens (including phenoxy) is 1. The molecule has 0 saturated heterocycles. The highest BCUT2D eigenvalue weighted by atomic mass is 16.5. The van der Waals surface area contributed by atoms with Crippen LogP contribution in [-0.2, 0) is 11.2 Å². The Hall–Kier alpha value is -2.83. The number of para-hydroxylation sites is 1. The van der Waals surface area contributed by atoms with Crippen LogP contribution in [0.4, 0.5) is 0 Å². The topological polar surface area (TPSA) is 104 Å².